The molecule has 0 spiro atoms. The van der Waals surface area contributed by atoms with E-state index in [0.717, 1.165) is 17.7 Å². The smallest absolute Gasteiger partial charge is 0.119 e. The van der Waals surface area contributed by atoms with Crippen molar-refractivity contribution in [2.45, 2.75) is 32.9 Å². The lowest BCUT2D eigenvalue weighted by molar-refractivity contribution is 0.0427. The molecule has 0 aliphatic heterocycles. The summed E-state index contributed by atoms with van der Waals surface area (Å²) in [6.07, 6.45) is 1.34. The van der Waals surface area contributed by atoms with E-state index in [4.69, 9.17) is 15.2 Å². The minimum Gasteiger partial charge on any atom is -0.491 e. The molecule has 3 nitrogen and oxygen atoms in total. The fourth-order valence-corrected chi connectivity index (χ4v) is 1.25. The van der Waals surface area contributed by atoms with Crippen LogP contribution in [0.1, 0.15) is 25.8 Å². The van der Waals surface area contributed by atoms with Gasteiger partial charge >= 0.3 is 0 Å². The molecule has 2 N–H and O–H groups in total. The number of rotatable bonds is 7. The Kier molecular flexibility index (Phi) is 5.90. The van der Waals surface area contributed by atoms with Crippen LogP contribution in [0.4, 0.5) is 0 Å². The van der Waals surface area contributed by atoms with Gasteiger partial charge in [-0.3, -0.25) is 0 Å². The fourth-order valence-electron chi connectivity index (χ4n) is 1.25. The van der Waals surface area contributed by atoms with E-state index in [1.165, 1.54) is 0 Å². The maximum absolute atomic E-state index is 5.53. The molecule has 0 aliphatic carbocycles. The molecule has 1 rings (SSSR count). The number of ether oxygens (including phenoxy) is 2. The quantitative estimate of drug-likeness (QED) is 0.722. The van der Waals surface area contributed by atoms with Gasteiger partial charge in [-0.25, -0.2) is 0 Å². The Morgan fingerprint density at radius 1 is 1.19 bits per heavy atom. The first-order valence-corrected chi connectivity index (χ1v) is 5.79. The van der Waals surface area contributed by atoms with Gasteiger partial charge in [0.2, 0.25) is 0 Å². The Morgan fingerprint density at radius 2 is 1.88 bits per heavy atom. The molecule has 0 bridgehead atoms. The van der Waals surface area contributed by atoms with Crippen LogP contribution < -0.4 is 10.5 Å². The third kappa shape index (κ3) is 4.64. The van der Waals surface area contributed by atoms with E-state index < -0.39 is 0 Å². The van der Waals surface area contributed by atoms with E-state index >= 15 is 0 Å². The average Bonchev–Trinajstić information content (AvgIpc) is 2.35. The molecule has 16 heavy (non-hydrogen) atoms. The summed E-state index contributed by atoms with van der Waals surface area (Å²) < 4.78 is 11.0. The molecule has 0 radical (unpaired) electrons. The highest BCUT2D eigenvalue weighted by atomic mass is 16.5. The molecule has 3 heteroatoms. The van der Waals surface area contributed by atoms with Crippen molar-refractivity contribution in [1.29, 1.82) is 0 Å². The van der Waals surface area contributed by atoms with Gasteiger partial charge in [0.15, 0.2) is 0 Å². The summed E-state index contributed by atoms with van der Waals surface area (Å²) in [5.74, 6) is 0.866. The van der Waals surface area contributed by atoms with Gasteiger partial charge in [-0.1, -0.05) is 19.1 Å². The minimum atomic E-state index is 0.309. The maximum atomic E-state index is 5.53. The summed E-state index contributed by atoms with van der Waals surface area (Å²) in [6, 6.07) is 7.83. The Morgan fingerprint density at radius 3 is 2.44 bits per heavy atom. The monoisotopic (exact) mass is 223 g/mol. The van der Waals surface area contributed by atoms with Crippen molar-refractivity contribution in [1.82, 2.24) is 0 Å². The standard InChI is InChI=1S/C13H21NO2/c1-3-11(2)15-8-9-16-13-6-4-12(10-14)5-7-13/h4-7,11H,3,8-10,14H2,1-2H3. The van der Waals surface area contributed by atoms with Crippen LogP contribution in [0.15, 0.2) is 24.3 Å². The first-order chi connectivity index (χ1) is 7.76. The molecule has 0 heterocycles. The van der Waals surface area contributed by atoms with Crippen molar-refractivity contribution >= 4 is 0 Å². The van der Waals surface area contributed by atoms with Crippen LogP contribution in [-0.2, 0) is 11.3 Å². The Balaban J connectivity index is 2.21. The predicted molar refractivity (Wildman–Crippen MR) is 65.5 cm³/mol. The van der Waals surface area contributed by atoms with Crippen molar-refractivity contribution in [3.05, 3.63) is 29.8 Å². The van der Waals surface area contributed by atoms with Gasteiger partial charge in [0.25, 0.3) is 0 Å². The summed E-state index contributed by atoms with van der Waals surface area (Å²) in [5.41, 5.74) is 6.62. The molecule has 1 aromatic carbocycles. The van der Waals surface area contributed by atoms with Crippen LogP contribution in [0.25, 0.3) is 0 Å². The van der Waals surface area contributed by atoms with Crippen LogP contribution >= 0.6 is 0 Å². The molecule has 90 valence electrons. The molecule has 1 atom stereocenters. The molecule has 0 amide bonds. The SMILES string of the molecule is CCC(C)OCCOc1ccc(CN)cc1. The zero-order valence-electron chi connectivity index (χ0n) is 10.1. The van der Waals surface area contributed by atoms with Gasteiger partial charge in [-0.05, 0) is 31.0 Å². The van der Waals surface area contributed by atoms with Crippen LogP contribution in [0.5, 0.6) is 5.75 Å². The van der Waals surface area contributed by atoms with Gasteiger partial charge in [0.05, 0.1) is 12.7 Å². The van der Waals surface area contributed by atoms with Crippen molar-refractivity contribution in [3.8, 4) is 5.75 Å². The molecule has 1 aromatic rings. The second-order valence-corrected chi connectivity index (χ2v) is 3.79. The Bertz CT molecular complexity index is 284. The summed E-state index contributed by atoms with van der Waals surface area (Å²) in [5, 5.41) is 0. The highest BCUT2D eigenvalue weighted by Gasteiger charge is 1.98. The van der Waals surface area contributed by atoms with Crippen molar-refractivity contribution < 1.29 is 9.47 Å². The van der Waals surface area contributed by atoms with Crippen molar-refractivity contribution in [2.24, 2.45) is 5.73 Å². The lowest BCUT2D eigenvalue weighted by atomic mass is 10.2. The third-order valence-electron chi connectivity index (χ3n) is 2.49. The van der Waals surface area contributed by atoms with Gasteiger partial charge in [0.1, 0.15) is 12.4 Å². The van der Waals surface area contributed by atoms with Crippen LogP contribution in [0.3, 0.4) is 0 Å². The lowest BCUT2D eigenvalue weighted by Gasteiger charge is -2.11. The van der Waals surface area contributed by atoms with Crippen molar-refractivity contribution in [2.75, 3.05) is 13.2 Å². The molecule has 0 fully saturated rings. The van der Waals surface area contributed by atoms with E-state index in [-0.39, 0.29) is 0 Å². The second-order valence-electron chi connectivity index (χ2n) is 3.79. The van der Waals surface area contributed by atoms with E-state index in [0.29, 0.717) is 25.9 Å². The molecule has 0 aliphatic rings. The fraction of sp³-hybridized carbons (Fsp3) is 0.538. The van der Waals surface area contributed by atoms with Gasteiger partial charge in [-0.15, -0.1) is 0 Å². The average molecular weight is 223 g/mol. The van der Waals surface area contributed by atoms with Gasteiger partial charge < -0.3 is 15.2 Å². The van der Waals surface area contributed by atoms with Crippen LogP contribution in [0.2, 0.25) is 0 Å². The van der Waals surface area contributed by atoms with Crippen LogP contribution in [0, 0.1) is 0 Å². The first kappa shape index (κ1) is 13.0. The number of benzene rings is 1. The normalized spacial score (nSPS) is 12.4. The molecular weight excluding hydrogens is 202 g/mol. The lowest BCUT2D eigenvalue weighted by Crippen LogP contribution is -2.13. The number of hydrogen-bond donors (Lipinski definition) is 1. The summed E-state index contributed by atoms with van der Waals surface area (Å²) >= 11 is 0. The van der Waals surface area contributed by atoms with E-state index in [9.17, 15) is 0 Å². The molecular formula is C13H21NO2. The Hall–Kier alpha value is -1.06. The molecule has 1 unspecified atom stereocenters. The highest BCUT2D eigenvalue weighted by Crippen LogP contribution is 2.11. The van der Waals surface area contributed by atoms with Gasteiger partial charge in [-0.2, -0.15) is 0 Å². The highest BCUT2D eigenvalue weighted by molar-refractivity contribution is 5.26. The van der Waals surface area contributed by atoms with Crippen LogP contribution in [-0.4, -0.2) is 19.3 Å². The summed E-state index contributed by atoms with van der Waals surface area (Å²) in [4.78, 5) is 0. The van der Waals surface area contributed by atoms with E-state index in [1.54, 1.807) is 0 Å². The topological polar surface area (TPSA) is 44.5 Å². The third-order valence-corrected chi connectivity index (χ3v) is 2.49. The predicted octanol–water partition coefficient (Wildman–Crippen LogP) is 2.34. The van der Waals surface area contributed by atoms with Gasteiger partial charge in [0, 0.05) is 6.54 Å². The molecule has 0 saturated carbocycles. The minimum absolute atomic E-state index is 0.309. The summed E-state index contributed by atoms with van der Waals surface area (Å²) in [7, 11) is 0. The van der Waals surface area contributed by atoms with E-state index in [1.807, 2.05) is 24.3 Å². The molecule has 0 aromatic heterocycles. The largest absolute Gasteiger partial charge is 0.491 e. The summed E-state index contributed by atoms with van der Waals surface area (Å²) in [6.45, 7) is 5.96. The maximum Gasteiger partial charge on any atom is 0.119 e. The molecule has 0 saturated heterocycles. The first-order valence-electron chi connectivity index (χ1n) is 5.79. The number of nitrogens with two attached hydrogens (primary N) is 1. The second kappa shape index (κ2) is 7.25. The zero-order valence-corrected chi connectivity index (χ0v) is 10.1. The van der Waals surface area contributed by atoms with E-state index in [2.05, 4.69) is 13.8 Å². The number of hydrogen-bond acceptors (Lipinski definition) is 3. The van der Waals surface area contributed by atoms with Crippen molar-refractivity contribution in [3.63, 3.8) is 0 Å². The zero-order chi connectivity index (χ0) is 11.8. The Labute approximate surface area is 97.6 Å².